The van der Waals surface area contributed by atoms with Crippen LogP contribution in [0.25, 0.3) is 22.0 Å². The van der Waals surface area contributed by atoms with Gasteiger partial charge >= 0.3 is 0 Å². The zero-order valence-electron chi connectivity index (χ0n) is 31.5. The molecule has 0 bridgehead atoms. The minimum absolute atomic E-state index is 0.0286. The van der Waals surface area contributed by atoms with Gasteiger partial charge in [0.05, 0.1) is 21.3 Å². The summed E-state index contributed by atoms with van der Waals surface area (Å²) in [5, 5.41) is 14.4. The quantitative estimate of drug-likeness (QED) is 0.0407. The number of benzene rings is 1. The zero-order chi connectivity index (χ0) is 37.6. The van der Waals surface area contributed by atoms with E-state index in [0.29, 0.717) is 50.7 Å². The first-order chi connectivity index (χ1) is 25.4. The molecule has 2 saturated carbocycles. The number of likely N-dealkylation sites (tertiary alicyclic amines) is 1. The third kappa shape index (κ3) is 7.63. The van der Waals surface area contributed by atoms with Gasteiger partial charge in [0.25, 0.3) is 0 Å². The number of hydrogen-bond donors (Lipinski definition) is 2. The highest BCUT2D eigenvalue weighted by Gasteiger charge is 2.47. The van der Waals surface area contributed by atoms with Crippen LogP contribution in [0.3, 0.4) is 0 Å². The smallest absolute Gasteiger partial charge is 0.245 e. The van der Waals surface area contributed by atoms with E-state index in [-0.39, 0.29) is 22.5 Å². The Morgan fingerprint density at radius 1 is 1.13 bits per heavy atom. The number of aliphatic imine (C=N–C) groups is 1. The summed E-state index contributed by atoms with van der Waals surface area (Å²) in [4.78, 5) is 35.1. The molecule has 12 heteroatoms. The summed E-state index contributed by atoms with van der Waals surface area (Å²) in [5.41, 5.74) is 13.0. The molecule has 1 aromatic carbocycles. The standard InChI is InChI=1S/C41H51BrIN9O/c1-23-9-10-34(42)48-40(23)49-39(45)33-18-30(15-24(2)28-11-14-41(19-28)12-7-8-13-41)38(43-6)52(33)35(53)22-51-37-25(3)16-29(31-20-46-27(5)47-21-31)17-32(37)36(50-51)26(4)44/h9-10,16-17,20-21,24,28,30,33,38,44H,6-8,11-15,18-19,22H2,1-5H3,(H2,45,48,49)/t24?,28-,30?,33-,38-/m0/s1. The monoisotopic (exact) mass is 891 g/mol. The van der Waals surface area contributed by atoms with Crippen LogP contribution in [0.4, 0.5) is 5.82 Å². The molecule has 7 rings (SSSR count). The zero-order valence-corrected chi connectivity index (χ0v) is 35.2. The molecule has 2 unspecified atom stereocenters. The van der Waals surface area contributed by atoms with Crippen molar-refractivity contribution < 1.29 is 4.79 Å². The molecule has 0 radical (unpaired) electrons. The lowest BCUT2D eigenvalue weighted by Crippen LogP contribution is -2.47. The van der Waals surface area contributed by atoms with Crippen LogP contribution in [-0.4, -0.2) is 61.7 Å². The normalized spacial score (nSPS) is 23.4. The number of pyridine rings is 1. The molecule has 10 nitrogen and oxygen atoms in total. The molecule has 1 saturated heterocycles. The third-order valence-corrected chi connectivity index (χ3v) is 15.2. The molecule has 5 atom stereocenters. The van der Waals surface area contributed by atoms with Crippen LogP contribution < -0.4 is 5.73 Å². The number of fused-ring (bicyclic) bond motifs is 1. The van der Waals surface area contributed by atoms with E-state index in [0.717, 1.165) is 51.9 Å². The van der Waals surface area contributed by atoms with Crippen molar-refractivity contribution in [2.75, 3.05) is 0 Å². The van der Waals surface area contributed by atoms with Gasteiger partial charge in [0.1, 0.15) is 28.5 Å². The first kappa shape index (κ1) is 37.9. The molecule has 3 N–H and O–H groups in total. The van der Waals surface area contributed by atoms with Gasteiger partial charge in [-0.3, -0.25) is 9.48 Å². The van der Waals surface area contributed by atoms with E-state index in [9.17, 15) is 4.79 Å². The molecule has 3 aliphatic rings. The molecule has 3 fully saturated rings. The number of hydrogen-bond acceptors (Lipinski definition) is 7. The fourth-order valence-corrected chi connectivity index (χ4v) is 12.3. The predicted octanol–water partition coefficient (Wildman–Crippen LogP) is 8.99. The maximum atomic E-state index is 14.8. The summed E-state index contributed by atoms with van der Waals surface area (Å²) >= 11 is 2.88. The summed E-state index contributed by atoms with van der Waals surface area (Å²) in [6, 6.07) is 7.62. The van der Waals surface area contributed by atoms with Crippen molar-refractivity contribution in [2.24, 2.45) is 33.9 Å². The van der Waals surface area contributed by atoms with Crippen LogP contribution in [-0.2, 0) is 11.3 Å². The largest absolute Gasteiger partial charge is 0.385 e. The minimum atomic E-state index is -0.606. The van der Waals surface area contributed by atoms with Crippen molar-refractivity contribution in [3.8, 4) is 11.1 Å². The predicted molar refractivity (Wildman–Crippen MR) is 226 cm³/mol. The Kier molecular flexibility index (Phi) is 11.0. The fraction of sp³-hybridized carbons (Fsp3) is 0.512. The van der Waals surface area contributed by atoms with E-state index in [1.54, 1.807) is 11.6 Å². The number of aryl methyl sites for hydroxylation is 3. The van der Waals surface area contributed by atoms with Gasteiger partial charge in [-0.2, -0.15) is 5.10 Å². The molecule has 53 heavy (non-hydrogen) atoms. The molecular formula is C41H51BrIN9O. The van der Waals surface area contributed by atoms with Crippen LogP contribution in [0.2, 0.25) is 0 Å². The number of amidine groups is 1. The maximum absolute atomic E-state index is 14.8. The van der Waals surface area contributed by atoms with Gasteiger partial charge in [0.2, 0.25) is 5.91 Å². The second-order valence-electron chi connectivity index (χ2n) is 15.9. The topological polar surface area (TPSA) is 139 Å². The van der Waals surface area contributed by atoms with Crippen LogP contribution in [0.1, 0.15) is 94.3 Å². The van der Waals surface area contributed by atoms with Crippen LogP contribution in [0.5, 0.6) is 0 Å². The van der Waals surface area contributed by atoms with Gasteiger partial charge in [-0.25, -0.2) is 19.9 Å². The summed E-state index contributed by atoms with van der Waals surface area (Å²) < 4.78 is 7.02. The highest BCUT2D eigenvalue weighted by molar-refractivity contribution is 14.2. The van der Waals surface area contributed by atoms with Crippen molar-refractivity contribution in [3.05, 3.63) is 63.9 Å². The lowest BCUT2D eigenvalue weighted by Gasteiger charge is -2.31. The van der Waals surface area contributed by atoms with Crippen molar-refractivity contribution in [1.29, 1.82) is 5.41 Å². The van der Waals surface area contributed by atoms with Gasteiger partial charge < -0.3 is 16.0 Å². The molecule has 1 spiro atoms. The lowest BCUT2D eigenvalue weighted by atomic mass is 9.79. The SMILES string of the molecule is C=I[C@@H]1C(CC(C)[C@H]2CCC3(CCCC3)C2)C[C@@H](C(N)=Nc2nc(Br)ccc2C)N1C(=O)Cn1nc(C(C)=N)c2cc(-c3cnc(C)nc3)cc(C)c21. The van der Waals surface area contributed by atoms with Gasteiger partial charge in [0, 0.05) is 23.3 Å². The van der Waals surface area contributed by atoms with Gasteiger partial charge in [-0.15, -0.1) is 20.7 Å². The third-order valence-electron chi connectivity index (χ3n) is 12.2. The second-order valence-corrected chi connectivity index (χ2v) is 18.9. The van der Waals surface area contributed by atoms with Crippen LogP contribution in [0, 0.1) is 49.3 Å². The van der Waals surface area contributed by atoms with Crippen molar-refractivity contribution in [1.82, 2.24) is 29.6 Å². The van der Waals surface area contributed by atoms with Crippen molar-refractivity contribution >= 4 is 75.4 Å². The number of alkyl halides is 1. The fourth-order valence-electron chi connectivity index (χ4n) is 9.52. The summed E-state index contributed by atoms with van der Waals surface area (Å²) in [5.74, 6) is 3.24. The van der Waals surface area contributed by atoms with Crippen molar-refractivity contribution in [2.45, 2.75) is 109 Å². The highest BCUT2D eigenvalue weighted by atomic mass is 127. The van der Waals surface area contributed by atoms with Crippen LogP contribution >= 0.6 is 36.7 Å². The number of carbonyl (C=O) groups is 1. The summed E-state index contributed by atoms with van der Waals surface area (Å²) in [6.07, 6.45) is 15.1. The molecule has 4 heterocycles. The van der Waals surface area contributed by atoms with E-state index < -0.39 is 20.7 Å². The first-order valence-electron chi connectivity index (χ1n) is 18.9. The maximum Gasteiger partial charge on any atom is 0.245 e. The van der Waals surface area contributed by atoms with E-state index in [1.807, 2.05) is 56.3 Å². The average molecular weight is 893 g/mol. The number of carbonyl (C=O) groups excluding carboxylic acids is 1. The molecule has 1 amide bonds. The van der Waals surface area contributed by atoms with E-state index in [4.69, 9.17) is 21.2 Å². The Morgan fingerprint density at radius 3 is 2.57 bits per heavy atom. The molecule has 1 aliphatic heterocycles. The Bertz CT molecular complexity index is 2090. The first-order valence-corrected chi connectivity index (χ1v) is 22.4. The number of rotatable bonds is 10. The lowest BCUT2D eigenvalue weighted by molar-refractivity contribution is -0.132. The van der Waals surface area contributed by atoms with Crippen LogP contribution in [0.15, 0.2) is 46.3 Å². The average Bonchev–Trinajstić information content (AvgIpc) is 3.93. The van der Waals surface area contributed by atoms with Gasteiger partial charge in [0.15, 0.2) is 5.82 Å². The van der Waals surface area contributed by atoms with E-state index >= 15 is 0 Å². The number of amides is 1. The molecule has 3 aromatic heterocycles. The van der Waals surface area contributed by atoms with Gasteiger partial charge in [-0.1, -0.05) is 30.3 Å². The Balaban J connectivity index is 1.22. The Hall–Kier alpha value is -3.39. The van der Waals surface area contributed by atoms with Gasteiger partial charge in [-0.05, 0) is 147 Å². The molecular weight excluding hydrogens is 841 g/mol. The summed E-state index contributed by atoms with van der Waals surface area (Å²) in [7, 11) is 0. The van der Waals surface area contributed by atoms with E-state index in [1.165, 1.54) is 44.9 Å². The van der Waals surface area contributed by atoms with E-state index in [2.05, 4.69) is 48.4 Å². The minimum Gasteiger partial charge on any atom is -0.385 e. The summed E-state index contributed by atoms with van der Waals surface area (Å²) in [6.45, 7) is 10.1. The molecule has 4 aromatic rings. The van der Waals surface area contributed by atoms with Crippen molar-refractivity contribution in [3.63, 3.8) is 0 Å². The number of nitrogens with one attached hydrogen (secondary N) is 1. The molecule has 2 aliphatic carbocycles. The Labute approximate surface area is 331 Å². The number of nitrogens with two attached hydrogens (primary N) is 1. The second kappa shape index (κ2) is 15.4. The number of aromatic nitrogens is 5. The number of halogens is 2. The highest BCUT2D eigenvalue weighted by Crippen LogP contribution is 2.55. The molecule has 280 valence electrons. The number of nitrogens with zero attached hydrogens (tertiary/aromatic N) is 7. The Morgan fingerprint density at radius 2 is 1.87 bits per heavy atom.